The largest absolute Gasteiger partial charge is 0.500 e. The minimum Gasteiger partial charge on any atom is -0.377 e. The molecule has 2 aromatic carbocycles. The van der Waals surface area contributed by atoms with Crippen molar-refractivity contribution in [3.05, 3.63) is 84.6 Å². The Morgan fingerprint density at radius 1 is 0.926 bits per heavy atom. The van der Waals surface area contributed by atoms with E-state index in [-0.39, 0.29) is 0 Å². The summed E-state index contributed by atoms with van der Waals surface area (Å²) in [4.78, 5) is 2.21. The van der Waals surface area contributed by atoms with Gasteiger partial charge in [-0.1, -0.05) is 67.2 Å². The maximum absolute atomic E-state index is 6.12. The molecule has 2 rings (SSSR count). The van der Waals surface area contributed by atoms with Crippen molar-refractivity contribution < 1.29 is 13.3 Å². The predicted octanol–water partition coefficient (Wildman–Crippen LogP) is 4.51. The Labute approximate surface area is 164 Å². The van der Waals surface area contributed by atoms with Gasteiger partial charge in [0.05, 0.1) is 0 Å². The Balaban J connectivity index is 1.80. The van der Waals surface area contributed by atoms with Crippen molar-refractivity contribution >= 4 is 8.80 Å². The Hall–Kier alpha value is -1.92. The molecule has 0 saturated heterocycles. The van der Waals surface area contributed by atoms with Crippen LogP contribution < -0.4 is 0 Å². The average Bonchev–Trinajstić information content (AvgIpc) is 2.73. The minimum absolute atomic E-state index is 0.604. The molecule has 0 amide bonds. The molecule has 5 heteroatoms. The highest BCUT2D eigenvalue weighted by Gasteiger charge is 2.38. The fourth-order valence-corrected chi connectivity index (χ4v) is 4.96. The van der Waals surface area contributed by atoms with Crippen molar-refractivity contribution in [1.29, 1.82) is 0 Å². The lowest BCUT2D eigenvalue weighted by molar-refractivity contribution is 0.0981. The molecule has 0 bridgehead atoms. The van der Waals surface area contributed by atoms with Crippen LogP contribution in [0.3, 0.4) is 0 Å². The molecule has 0 radical (unpaired) electrons. The molecule has 0 fully saturated rings. The average molecular weight is 386 g/mol. The van der Waals surface area contributed by atoms with Gasteiger partial charge in [0.25, 0.3) is 0 Å². The van der Waals surface area contributed by atoms with Gasteiger partial charge in [0.1, 0.15) is 0 Å². The SMILES string of the molecule is C=CN(CCC[Si](OC)(OC)OCCc1ccccc1)Cc1ccccc1. The van der Waals surface area contributed by atoms with Crippen molar-refractivity contribution in [2.75, 3.05) is 27.4 Å². The first-order valence-electron chi connectivity index (χ1n) is 9.40. The Morgan fingerprint density at radius 2 is 1.52 bits per heavy atom. The maximum Gasteiger partial charge on any atom is 0.500 e. The third-order valence-electron chi connectivity index (χ3n) is 4.59. The van der Waals surface area contributed by atoms with Crippen LogP contribution in [0.4, 0.5) is 0 Å². The van der Waals surface area contributed by atoms with E-state index in [0.717, 1.165) is 32.0 Å². The van der Waals surface area contributed by atoms with Crippen molar-refractivity contribution in [1.82, 2.24) is 4.90 Å². The molecule has 4 nitrogen and oxygen atoms in total. The molecule has 146 valence electrons. The summed E-state index contributed by atoms with van der Waals surface area (Å²) >= 11 is 0. The van der Waals surface area contributed by atoms with Gasteiger partial charge >= 0.3 is 8.80 Å². The number of hydrogen-bond acceptors (Lipinski definition) is 4. The molecule has 0 aliphatic heterocycles. The van der Waals surface area contributed by atoms with Crippen LogP contribution in [0.2, 0.25) is 6.04 Å². The molecular weight excluding hydrogens is 354 g/mol. The summed E-state index contributed by atoms with van der Waals surface area (Å²) in [7, 11) is 0.746. The van der Waals surface area contributed by atoms with Gasteiger partial charge in [0, 0.05) is 40.0 Å². The Morgan fingerprint density at radius 3 is 2.07 bits per heavy atom. The van der Waals surface area contributed by atoms with Gasteiger partial charge in [0.2, 0.25) is 0 Å². The summed E-state index contributed by atoms with van der Waals surface area (Å²) in [6.45, 7) is 6.29. The van der Waals surface area contributed by atoms with Crippen LogP contribution in [0, 0.1) is 0 Å². The maximum atomic E-state index is 6.12. The first-order valence-corrected chi connectivity index (χ1v) is 11.3. The van der Waals surface area contributed by atoms with E-state index in [9.17, 15) is 0 Å². The van der Waals surface area contributed by atoms with E-state index in [4.69, 9.17) is 13.3 Å². The van der Waals surface area contributed by atoms with Gasteiger partial charge in [-0.05, 0) is 30.2 Å². The predicted molar refractivity (Wildman–Crippen MR) is 112 cm³/mol. The summed E-state index contributed by atoms with van der Waals surface area (Å²) in [5, 5.41) is 0. The number of rotatable bonds is 13. The van der Waals surface area contributed by atoms with Gasteiger partial charge < -0.3 is 18.2 Å². The molecule has 0 atom stereocenters. The van der Waals surface area contributed by atoms with Gasteiger partial charge in [-0.25, -0.2) is 0 Å². The minimum atomic E-state index is -2.63. The van der Waals surface area contributed by atoms with Crippen LogP contribution in [-0.2, 0) is 26.2 Å². The molecule has 0 saturated carbocycles. The van der Waals surface area contributed by atoms with E-state index in [2.05, 4.69) is 47.9 Å². The number of nitrogens with zero attached hydrogens (tertiary/aromatic N) is 1. The van der Waals surface area contributed by atoms with Crippen LogP contribution in [0.1, 0.15) is 17.5 Å². The second-order valence-corrected chi connectivity index (χ2v) is 9.39. The highest BCUT2D eigenvalue weighted by Crippen LogP contribution is 2.18. The molecule has 0 aliphatic carbocycles. The molecule has 0 aromatic heterocycles. The zero-order valence-corrected chi connectivity index (χ0v) is 17.5. The molecule has 0 aliphatic rings. The number of hydrogen-bond donors (Lipinski definition) is 0. The van der Waals surface area contributed by atoms with Crippen molar-refractivity contribution in [3.63, 3.8) is 0 Å². The number of benzene rings is 2. The van der Waals surface area contributed by atoms with Crippen LogP contribution in [0.25, 0.3) is 0 Å². The van der Waals surface area contributed by atoms with E-state index >= 15 is 0 Å². The van der Waals surface area contributed by atoms with Crippen LogP contribution in [0.5, 0.6) is 0 Å². The molecular formula is C22H31NO3Si. The lowest BCUT2D eigenvalue weighted by Gasteiger charge is -2.28. The standard InChI is InChI=1S/C22H31NO3Si/c1-4-23(20-22-14-9-6-10-15-22)17-11-19-27(24-2,25-3)26-18-16-21-12-7-5-8-13-21/h4-10,12-15H,1,11,16-20H2,2-3H3. The molecule has 0 spiro atoms. The highest BCUT2D eigenvalue weighted by molar-refractivity contribution is 6.60. The Kier molecular flexibility index (Phi) is 9.28. The third-order valence-corrected chi connectivity index (χ3v) is 7.45. The quantitative estimate of drug-likeness (QED) is 0.475. The van der Waals surface area contributed by atoms with Crippen LogP contribution in [0.15, 0.2) is 73.4 Å². The first kappa shape index (κ1) is 21.4. The monoisotopic (exact) mass is 385 g/mol. The van der Waals surface area contributed by atoms with Gasteiger partial charge in [-0.15, -0.1) is 0 Å². The van der Waals surface area contributed by atoms with Crippen molar-refractivity contribution in [2.24, 2.45) is 0 Å². The molecule has 0 N–H and O–H groups in total. The molecule has 27 heavy (non-hydrogen) atoms. The molecule has 0 heterocycles. The third kappa shape index (κ3) is 7.31. The van der Waals surface area contributed by atoms with E-state index < -0.39 is 8.80 Å². The summed E-state index contributed by atoms with van der Waals surface area (Å²) < 4.78 is 17.5. The fourth-order valence-electron chi connectivity index (χ4n) is 3.00. The smallest absolute Gasteiger partial charge is 0.377 e. The Bertz CT molecular complexity index is 647. The molecule has 0 unspecified atom stereocenters. The van der Waals surface area contributed by atoms with E-state index in [1.54, 1.807) is 14.2 Å². The zero-order valence-electron chi connectivity index (χ0n) is 16.5. The normalized spacial score (nSPS) is 11.3. The summed E-state index contributed by atoms with van der Waals surface area (Å²) in [5.74, 6) is 0. The summed E-state index contributed by atoms with van der Waals surface area (Å²) in [6, 6.07) is 21.5. The van der Waals surface area contributed by atoms with Crippen LogP contribution >= 0.6 is 0 Å². The fraction of sp³-hybridized carbons (Fsp3) is 0.364. The zero-order chi connectivity index (χ0) is 19.4. The van der Waals surface area contributed by atoms with Crippen molar-refractivity contribution in [3.8, 4) is 0 Å². The summed E-state index contributed by atoms with van der Waals surface area (Å²) in [5.41, 5.74) is 2.53. The topological polar surface area (TPSA) is 30.9 Å². The van der Waals surface area contributed by atoms with Crippen molar-refractivity contribution in [2.45, 2.75) is 25.4 Å². The van der Waals surface area contributed by atoms with E-state index in [0.29, 0.717) is 6.61 Å². The van der Waals surface area contributed by atoms with Gasteiger partial charge in [-0.2, -0.15) is 0 Å². The highest BCUT2D eigenvalue weighted by atomic mass is 28.4. The lowest BCUT2D eigenvalue weighted by atomic mass is 10.2. The lowest BCUT2D eigenvalue weighted by Crippen LogP contribution is -2.44. The van der Waals surface area contributed by atoms with E-state index in [1.165, 1.54) is 11.1 Å². The van der Waals surface area contributed by atoms with Crippen LogP contribution in [-0.4, -0.2) is 41.1 Å². The first-order chi connectivity index (χ1) is 13.2. The second kappa shape index (κ2) is 11.7. The summed E-state index contributed by atoms with van der Waals surface area (Å²) in [6.07, 6.45) is 3.68. The molecule has 2 aromatic rings. The second-order valence-electron chi connectivity index (χ2n) is 6.42. The van der Waals surface area contributed by atoms with E-state index in [1.807, 2.05) is 30.5 Å². The van der Waals surface area contributed by atoms with Gasteiger partial charge in [0.15, 0.2) is 0 Å². The van der Waals surface area contributed by atoms with Gasteiger partial charge in [-0.3, -0.25) is 0 Å².